The number of anilines is 1. The Morgan fingerprint density at radius 3 is 2.33 bits per heavy atom. The molecule has 0 saturated heterocycles. The number of hydrogen-bond donors (Lipinski definition) is 1. The molecule has 0 radical (unpaired) electrons. The fourth-order valence-corrected chi connectivity index (χ4v) is 2.40. The number of nitrogen functional groups attached to an aromatic ring is 1. The molecule has 0 aromatic heterocycles. The van der Waals surface area contributed by atoms with E-state index in [0.717, 1.165) is 11.1 Å². The number of rotatable bonds is 4. The van der Waals surface area contributed by atoms with E-state index in [2.05, 4.69) is 0 Å². The van der Waals surface area contributed by atoms with Crippen LogP contribution in [-0.2, 0) is 6.54 Å². The maximum Gasteiger partial charge on any atom is 0.256 e. The number of amides is 1. The number of nitrogens with zero attached hydrogens (tertiary/aromatic N) is 1. The lowest BCUT2D eigenvalue weighted by Gasteiger charge is -2.28. The molecule has 1 amide bonds. The molecule has 3 heteroatoms. The predicted molar refractivity (Wildman–Crippen MR) is 87.0 cm³/mol. The minimum Gasteiger partial charge on any atom is -0.398 e. The van der Waals surface area contributed by atoms with Crippen molar-refractivity contribution < 1.29 is 4.79 Å². The van der Waals surface area contributed by atoms with Gasteiger partial charge in [-0.15, -0.1) is 0 Å². The van der Waals surface area contributed by atoms with E-state index in [4.69, 9.17) is 5.73 Å². The van der Waals surface area contributed by atoms with Gasteiger partial charge >= 0.3 is 0 Å². The number of benzene rings is 2. The SMILES string of the molecule is Cc1cccc(N)c1C(=O)N(Cc1ccccc1)C(C)C. The van der Waals surface area contributed by atoms with Crippen LogP contribution in [0, 0.1) is 6.92 Å². The largest absolute Gasteiger partial charge is 0.398 e. The maximum atomic E-state index is 12.9. The molecule has 0 unspecified atom stereocenters. The molecule has 0 aliphatic carbocycles. The molecular formula is C18H22N2O. The highest BCUT2D eigenvalue weighted by molar-refractivity contribution is 6.00. The van der Waals surface area contributed by atoms with Gasteiger partial charge in [0.05, 0.1) is 5.56 Å². The van der Waals surface area contributed by atoms with Crippen molar-refractivity contribution >= 4 is 11.6 Å². The molecule has 0 fully saturated rings. The van der Waals surface area contributed by atoms with Crippen molar-refractivity contribution in [1.82, 2.24) is 4.90 Å². The van der Waals surface area contributed by atoms with Gasteiger partial charge in [-0.1, -0.05) is 42.5 Å². The van der Waals surface area contributed by atoms with Gasteiger partial charge in [-0.25, -0.2) is 0 Å². The molecule has 2 rings (SSSR count). The first-order valence-electron chi connectivity index (χ1n) is 7.20. The van der Waals surface area contributed by atoms with Crippen LogP contribution >= 0.6 is 0 Å². The van der Waals surface area contributed by atoms with E-state index >= 15 is 0 Å². The van der Waals surface area contributed by atoms with Crippen LogP contribution in [0.4, 0.5) is 5.69 Å². The Labute approximate surface area is 126 Å². The Bertz CT molecular complexity index is 600. The Morgan fingerprint density at radius 2 is 1.76 bits per heavy atom. The number of carbonyl (C=O) groups excluding carboxylic acids is 1. The quantitative estimate of drug-likeness (QED) is 0.870. The average molecular weight is 282 g/mol. The summed E-state index contributed by atoms with van der Waals surface area (Å²) in [5.74, 6) is -0.00977. The van der Waals surface area contributed by atoms with Crippen LogP contribution in [0.3, 0.4) is 0 Å². The molecule has 0 atom stereocenters. The third-order valence-corrected chi connectivity index (χ3v) is 3.60. The van der Waals surface area contributed by atoms with Crippen molar-refractivity contribution in [2.45, 2.75) is 33.4 Å². The van der Waals surface area contributed by atoms with Crippen molar-refractivity contribution in [1.29, 1.82) is 0 Å². The molecule has 0 spiro atoms. The van der Waals surface area contributed by atoms with Gasteiger partial charge in [0.1, 0.15) is 0 Å². The van der Waals surface area contributed by atoms with Crippen molar-refractivity contribution in [3.05, 3.63) is 65.2 Å². The first-order chi connectivity index (χ1) is 10.0. The molecule has 0 aliphatic rings. The maximum absolute atomic E-state index is 12.9. The van der Waals surface area contributed by atoms with Gasteiger partial charge in [-0.05, 0) is 38.0 Å². The summed E-state index contributed by atoms with van der Waals surface area (Å²) in [7, 11) is 0. The molecule has 2 N–H and O–H groups in total. The highest BCUT2D eigenvalue weighted by Gasteiger charge is 2.22. The van der Waals surface area contributed by atoms with Crippen LogP contribution < -0.4 is 5.73 Å². The smallest absolute Gasteiger partial charge is 0.256 e. The van der Waals surface area contributed by atoms with Gasteiger partial charge in [0.2, 0.25) is 0 Å². The summed E-state index contributed by atoms with van der Waals surface area (Å²) in [6.07, 6.45) is 0. The van der Waals surface area contributed by atoms with Crippen molar-refractivity contribution in [3.8, 4) is 0 Å². The molecule has 0 aliphatic heterocycles. The first-order valence-corrected chi connectivity index (χ1v) is 7.20. The van der Waals surface area contributed by atoms with Gasteiger partial charge in [0, 0.05) is 18.3 Å². The minimum atomic E-state index is -0.00977. The van der Waals surface area contributed by atoms with Crippen LogP contribution in [0.25, 0.3) is 0 Å². The van der Waals surface area contributed by atoms with Crippen molar-refractivity contribution in [2.75, 3.05) is 5.73 Å². The second kappa shape index (κ2) is 6.44. The summed E-state index contributed by atoms with van der Waals surface area (Å²) in [6, 6.07) is 15.7. The van der Waals surface area contributed by atoms with Crippen molar-refractivity contribution in [2.24, 2.45) is 0 Å². The fourth-order valence-electron chi connectivity index (χ4n) is 2.40. The van der Waals surface area contributed by atoms with Gasteiger partial charge in [-0.3, -0.25) is 4.79 Å². The third kappa shape index (κ3) is 3.43. The number of aryl methyl sites for hydroxylation is 1. The normalized spacial score (nSPS) is 10.7. The Morgan fingerprint density at radius 1 is 1.10 bits per heavy atom. The average Bonchev–Trinajstić information content (AvgIpc) is 2.45. The molecule has 0 heterocycles. The van der Waals surface area contributed by atoms with Crippen LogP contribution in [-0.4, -0.2) is 16.8 Å². The van der Waals surface area contributed by atoms with Crippen LogP contribution in [0.15, 0.2) is 48.5 Å². The van der Waals surface area contributed by atoms with Crippen LogP contribution in [0.1, 0.15) is 35.3 Å². The topological polar surface area (TPSA) is 46.3 Å². The monoisotopic (exact) mass is 282 g/mol. The molecule has 110 valence electrons. The van der Waals surface area contributed by atoms with E-state index in [1.54, 1.807) is 6.07 Å². The van der Waals surface area contributed by atoms with Gasteiger partial charge in [-0.2, -0.15) is 0 Å². The zero-order valence-corrected chi connectivity index (χ0v) is 12.8. The molecule has 2 aromatic rings. The van der Waals surface area contributed by atoms with Gasteiger partial charge in [0.15, 0.2) is 0 Å². The molecule has 0 bridgehead atoms. The van der Waals surface area contributed by atoms with Gasteiger partial charge < -0.3 is 10.6 Å². The Hall–Kier alpha value is -2.29. The highest BCUT2D eigenvalue weighted by atomic mass is 16.2. The molecule has 21 heavy (non-hydrogen) atoms. The number of hydrogen-bond acceptors (Lipinski definition) is 2. The van der Waals surface area contributed by atoms with Crippen LogP contribution in [0.2, 0.25) is 0 Å². The van der Waals surface area contributed by atoms with E-state index in [-0.39, 0.29) is 11.9 Å². The summed E-state index contributed by atoms with van der Waals surface area (Å²) < 4.78 is 0. The number of carbonyl (C=O) groups is 1. The second-order valence-corrected chi connectivity index (χ2v) is 5.55. The zero-order chi connectivity index (χ0) is 15.4. The Kier molecular flexibility index (Phi) is 4.63. The molecular weight excluding hydrogens is 260 g/mol. The first kappa shape index (κ1) is 15.1. The summed E-state index contributed by atoms with van der Waals surface area (Å²) in [5.41, 5.74) is 9.19. The van der Waals surface area contributed by atoms with Crippen LogP contribution in [0.5, 0.6) is 0 Å². The van der Waals surface area contributed by atoms with Gasteiger partial charge in [0.25, 0.3) is 5.91 Å². The summed E-state index contributed by atoms with van der Waals surface area (Å²) in [6.45, 7) is 6.56. The van der Waals surface area contributed by atoms with E-state index in [1.165, 1.54) is 0 Å². The standard InChI is InChI=1S/C18H22N2O/c1-13(2)20(12-15-9-5-4-6-10-15)18(21)17-14(3)8-7-11-16(17)19/h4-11,13H,12,19H2,1-3H3. The molecule has 0 saturated carbocycles. The molecule has 3 nitrogen and oxygen atoms in total. The third-order valence-electron chi connectivity index (χ3n) is 3.60. The van der Waals surface area contributed by atoms with E-state index in [1.807, 2.05) is 68.1 Å². The Balaban J connectivity index is 2.32. The van der Waals surface area contributed by atoms with E-state index < -0.39 is 0 Å². The van der Waals surface area contributed by atoms with Crippen molar-refractivity contribution in [3.63, 3.8) is 0 Å². The lowest BCUT2D eigenvalue weighted by Crippen LogP contribution is -2.37. The van der Waals surface area contributed by atoms with E-state index in [0.29, 0.717) is 17.8 Å². The minimum absolute atomic E-state index is 0.00977. The lowest BCUT2D eigenvalue weighted by atomic mass is 10.0. The fraction of sp³-hybridized carbons (Fsp3) is 0.278. The summed E-state index contributed by atoms with van der Waals surface area (Å²) in [4.78, 5) is 14.7. The number of nitrogens with two attached hydrogens (primary N) is 1. The predicted octanol–water partition coefficient (Wildman–Crippen LogP) is 3.63. The summed E-state index contributed by atoms with van der Waals surface area (Å²) >= 11 is 0. The molecule has 2 aromatic carbocycles. The highest BCUT2D eigenvalue weighted by Crippen LogP contribution is 2.21. The lowest BCUT2D eigenvalue weighted by molar-refractivity contribution is 0.0690. The second-order valence-electron chi connectivity index (χ2n) is 5.55. The van der Waals surface area contributed by atoms with E-state index in [9.17, 15) is 4.79 Å². The summed E-state index contributed by atoms with van der Waals surface area (Å²) in [5, 5.41) is 0. The zero-order valence-electron chi connectivity index (χ0n) is 12.8.